The lowest BCUT2D eigenvalue weighted by Crippen LogP contribution is -2.30. The van der Waals surface area contributed by atoms with Gasteiger partial charge in [0.2, 0.25) is 0 Å². The van der Waals surface area contributed by atoms with Gasteiger partial charge in [-0.05, 0) is 49.9 Å². The van der Waals surface area contributed by atoms with Crippen LogP contribution in [-0.4, -0.2) is 32.9 Å². The zero-order valence-electron chi connectivity index (χ0n) is 13.9. The van der Waals surface area contributed by atoms with Gasteiger partial charge >= 0.3 is 0 Å². The molecule has 0 unspecified atom stereocenters. The van der Waals surface area contributed by atoms with Crippen molar-refractivity contribution in [3.05, 3.63) is 47.8 Å². The molecule has 6 nitrogen and oxygen atoms in total. The normalized spacial score (nSPS) is 15.0. The Morgan fingerprint density at radius 3 is 2.71 bits per heavy atom. The third-order valence-corrected chi connectivity index (χ3v) is 4.57. The summed E-state index contributed by atoms with van der Waals surface area (Å²) in [6.07, 6.45) is 3.92. The van der Waals surface area contributed by atoms with E-state index in [-0.39, 0.29) is 0 Å². The average molecular weight is 322 g/mol. The van der Waals surface area contributed by atoms with Gasteiger partial charge in [-0.3, -0.25) is 0 Å². The van der Waals surface area contributed by atoms with E-state index in [1.54, 1.807) is 4.52 Å². The number of fused-ring (bicyclic) bond motifs is 1. The van der Waals surface area contributed by atoms with Gasteiger partial charge in [0.1, 0.15) is 5.82 Å². The molecule has 0 radical (unpaired) electrons. The number of anilines is 2. The van der Waals surface area contributed by atoms with Gasteiger partial charge in [-0.2, -0.15) is 4.52 Å². The number of aryl methyl sites for hydroxylation is 1. The third-order valence-electron chi connectivity index (χ3n) is 4.57. The third kappa shape index (κ3) is 2.91. The first kappa shape index (κ1) is 14.9. The molecule has 6 heteroatoms. The molecule has 1 N–H and O–H groups in total. The predicted molar refractivity (Wildman–Crippen MR) is 95.4 cm³/mol. The maximum absolute atomic E-state index is 4.56. The summed E-state index contributed by atoms with van der Waals surface area (Å²) in [6, 6.07) is 12.5. The van der Waals surface area contributed by atoms with Crippen LogP contribution < -0.4 is 10.2 Å². The standard InChI is InChI=1S/C18H22N6/c1-14-20-21-18-10-9-17(22-24(14)18)19-13-15-7-3-4-8-16(15)23-11-5-2-6-12-23/h3-4,7-10H,2,5-6,11-13H2,1H3,(H,19,22). The summed E-state index contributed by atoms with van der Waals surface area (Å²) in [6.45, 7) is 4.97. The van der Waals surface area contributed by atoms with Gasteiger partial charge in [-0.25, -0.2) is 0 Å². The van der Waals surface area contributed by atoms with E-state index in [9.17, 15) is 0 Å². The number of nitrogens with one attached hydrogen (secondary N) is 1. The fourth-order valence-corrected chi connectivity index (χ4v) is 3.28. The van der Waals surface area contributed by atoms with Crippen molar-refractivity contribution in [3.8, 4) is 0 Å². The van der Waals surface area contributed by atoms with E-state index in [2.05, 4.69) is 49.8 Å². The van der Waals surface area contributed by atoms with E-state index in [1.807, 2.05) is 19.1 Å². The van der Waals surface area contributed by atoms with Gasteiger partial charge in [-0.15, -0.1) is 15.3 Å². The summed E-state index contributed by atoms with van der Waals surface area (Å²) in [4.78, 5) is 2.50. The summed E-state index contributed by atoms with van der Waals surface area (Å²) in [7, 11) is 0. The second-order valence-corrected chi connectivity index (χ2v) is 6.27. The zero-order chi connectivity index (χ0) is 16.4. The molecular weight excluding hydrogens is 300 g/mol. The van der Waals surface area contributed by atoms with Crippen molar-refractivity contribution >= 4 is 17.2 Å². The van der Waals surface area contributed by atoms with Crippen LogP contribution >= 0.6 is 0 Å². The molecule has 124 valence electrons. The number of aromatic nitrogens is 4. The van der Waals surface area contributed by atoms with Crippen molar-refractivity contribution in [2.75, 3.05) is 23.3 Å². The first-order valence-corrected chi connectivity index (χ1v) is 8.57. The molecule has 3 heterocycles. The molecule has 1 fully saturated rings. The largest absolute Gasteiger partial charge is 0.371 e. The first-order chi connectivity index (χ1) is 11.8. The predicted octanol–water partition coefficient (Wildman–Crippen LogP) is 3.04. The number of benzene rings is 1. The van der Waals surface area contributed by atoms with Crippen LogP contribution in [0.3, 0.4) is 0 Å². The molecule has 1 saturated heterocycles. The highest BCUT2D eigenvalue weighted by molar-refractivity contribution is 5.55. The SMILES string of the molecule is Cc1nnc2ccc(NCc3ccccc3N3CCCCC3)nn12. The van der Waals surface area contributed by atoms with Crippen molar-refractivity contribution in [2.45, 2.75) is 32.7 Å². The van der Waals surface area contributed by atoms with Crippen molar-refractivity contribution in [1.29, 1.82) is 0 Å². The maximum Gasteiger partial charge on any atom is 0.178 e. The van der Waals surface area contributed by atoms with Crippen molar-refractivity contribution in [3.63, 3.8) is 0 Å². The number of para-hydroxylation sites is 1. The Labute approximate surface area is 141 Å². The molecule has 1 aromatic carbocycles. The minimum atomic E-state index is 0.756. The second kappa shape index (κ2) is 6.47. The monoisotopic (exact) mass is 322 g/mol. The zero-order valence-corrected chi connectivity index (χ0v) is 13.9. The molecule has 24 heavy (non-hydrogen) atoms. The van der Waals surface area contributed by atoms with Gasteiger partial charge in [0.15, 0.2) is 11.5 Å². The molecule has 2 aromatic heterocycles. The average Bonchev–Trinajstić information content (AvgIpc) is 3.01. The second-order valence-electron chi connectivity index (χ2n) is 6.27. The first-order valence-electron chi connectivity index (χ1n) is 8.57. The van der Waals surface area contributed by atoms with Gasteiger partial charge in [0.25, 0.3) is 0 Å². The fraction of sp³-hybridized carbons (Fsp3) is 0.389. The summed E-state index contributed by atoms with van der Waals surface area (Å²) in [5.74, 6) is 1.63. The van der Waals surface area contributed by atoms with Crippen molar-refractivity contribution in [2.24, 2.45) is 0 Å². The fourth-order valence-electron chi connectivity index (χ4n) is 3.28. The molecule has 1 aliphatic heterocycles. The molecule has 0 bridgehead atoms. The van der Waals surface area contributed by atoms with E-state index in [1.165, 1.54) is 30.5 Å². The van der Waals surface area contributed by atoms with Crippen LogP contribution in [0.25, 0.3) is 5.65 Å². The molecule has 4 rings (SSSR count). The Morgan fingerprint density at radius 2 is 1.83 bits per heavy atom. The smallest absolute Gasteiger partial charge is 0.178 e. The highest BCUT2D eigenvalue weighted by Gasteiger charge is 2.14. The summed E-state index contributed by atoms with van der Waals surface area (Å²) < 4.78 is 1.76. The van der Waals surface area contributed by atoms with Crippen LogP contribution in [0.2, 0.25) is 0 Å². The molecule has 1 aliphatic rings. The Hall–Kier alpha value is -2.63. The Balaban J connectivity index is 1.53. The van der Waals surface area contributed by atoms with E-state index in [0.29, 0.717) is 0 Å². The molecule has 0 amide bonds. The van der Waals surface area contributed by atoms with Crippen LogP contribution in [0.4, 0.5) is 11.5 Å². The molecule has 3 aromatic rings. The van der Waals surface area contributed by atoms with Crippen LogP contribution in [0.5, 0.6) is 0 Å². The van der Waals surface area contributed by atoms with E-state index < -0.39 is 0 Å². The number of rotatable bonds is 4. The number of hydrogen-bond donors (Lipinski definition) is 1. The van der Waals surface area contributed by atoms with Crippen molar-refractivity contribution < 1.29 is 0 Å². The summed E-state index contributed by atoms with van der Waals surface area (Å²) in [5.41, 5.74) is 3.42. The Morgan fingerprint density at radius 1 is 1.00 bits per heavy atom. The van der Waals surface area contributed by atoms with Crippen LogP contribution in [0.1, 0.15) is 30.7 Å². The van der Waals surface area contributed by atoms with Crippen molar-refractivity contribution in [1.82, 2.24) is 19.8 Å². The topological polar surface area (TPSA) is 58.4 Å². The van der Waals surface area contributed by atoms with Crippen LogP contribution in [0.15, 0.2) is 36.4 Å². The molecule has 0 atom stereocenters. The Kier molecular flexibility index (Phi) is 4.02. The lowest BCUT2D eigenvalue weighted by molar-refractivity contribution is 0.576. The molecule has 0 spiro atoms. The lowest BCUT2D eigenvalue weighted by atomic mass is 10.1. The highest BCUT2D eigenvalue weighted by Crippen LogP contribution is 2.24. The van der Waals surface area contributed by atoms with E-state index >= 15 is 0 Å². The number of hydrogen-bond acceptors (Lipinski definition) is 5. The molecular formula is C18H22N6. The lowest BCUT2D eigenvalue weighted by Gasteiger charge is -2.30. The minimum absolute atomic E-state index is 0.756. The highest BCUT2D eigenvalue weighted by atomic mass is 15.4. The molecule has 0 aliphatic carbocycles. The van der Waals surface area contributed by atoms with Crippen LogP contribution in [-0.2, 0) is 6.54 Å². The minimum Gasteiger partial charge on any atom is -0.371 e. The van der Waals surface area contributed by atoms with Gasteiger partial charge in [0, 0.05) is 25.3 Å². The quantitative estimate of drug-likeness (QED) is 0.800. The number of nitrogens with zero attached hydrogens (tertiary/aromatic N) is 5. The van der Waals surface area contributed by atoms with E-state index in [4.69, 9.17) is 0 Å². The van der Waals surface area contributed by atoms with Crippen LogP contribution in [0, 0.1) is 6.92 Å². The molecule has 0 saturated carbocycles. The maximum atomic E-state index is 4.56. The Bertz CT molecular complexity index is 834. The summed E-state index contributed by atoms with van der Waals surface area (Å²) in [5, 5.41) is 16.1. The van der Waals surface area contributed by atoms with Gasteiger partial charge in [-0.1, -0.05) is 18.2 Å². The van der Waals surface area contributed by atoms with Gasteiger partial charge in [0.05, 0.1) is 0 Å². The van der Waals surface area contributed by atoms with Gasteiger partial charge < -0.3 is 10.2 Å². The summed E-state index contributed by atoms with van der Waals surface area (Å²) >= 11 is 0. The van der Waals surface area contributed by atoms with E-state index in [0.717, 1.165) is 36.9 Å². The number of piperidine rings is 1.